The number of carbonyl (C=O) groups excluding carboxylic acids is 3. The van der Waals surface area contributed by atoms with Crippen LogP contribution in [-0.2, 0) is 4.79 Å². The van der Waals surface area contributed by atoms with Gasteiger partial charge in [0.2, 0.25) is 5.91 Å². The first-order chi connectivity index (χ1) is 14.5. The van der Waals surface area contributed by atoms with Crippen molar-refractivity contribution in [2.45, 2.75) is 19.8 Å². The number of amides is 2. The van der Waals surface area contributed by atoms with Gasteiger partial charge in [0, 0.05) is 38.2 Å². The number of methoxy groups -OCH3 is 1. The minimum Gasteiger partial charge on any atom is -0.493 e. The number of hydrogen-bond acceptors (Lipinski definition) is 6. The molecule has 1 aliphatic heterocycles. The van der Waals surface area contributed by atoms with E-state index in [0.29, 0.717) is 68.3 Å². The van der Waals surface area contributed by atoms with Crippen LogP contribution in [0.1, 0.15) is 40.5 Å². The summed E-state index contributed by atoms with van der Waals surface area (Å²) in [5.41, 5.74) is 1.08. The van der Waals surface area contributed by atoms with Gasteiger partial charge in [-0.05, 0) is 37.6 Å². The molecule has 1 aromatic carbocycles. The van der Waals surface area contributed by atoms with Gasteiger partial charge in [-0.1, -0.05) is 0 Å². The molecule has 160 valence electrons. The third-order valence-electron chi connectivity index (χ3n) is 5.05. The van der Waals surface area contributed by atoms with Gasteiger partial charge in [0.1, 0.15) is 6.26 Å². The first-order valence-corrected chi connectivity index (χ1v) is 9.90. The highest BCUT2D eigenvalue weighted by atomic mass is 16.5. The number of nitrogens with zero attached hydrogens (tertiary/aromatic N) is 2. The second-order valence-corrected chi connectivity index (χ2v) is 7.06. The van der Waals surface area contributed by atoms with E-state index in [1.165, 1.54) is 26.6 Å². The van der Waals surface area contributed by atoms with Gasteiger partial charge in [-0.25, -0.2) is 0 Å². The Balaban J connectivity index is 1.40. The Bertz CT molecular complexity index is 885. The summed E-state index contributed by atoms with van der Waals surface area (Å²) in [5, 5.41) is 0. The van der Waals surface area contributed by atoms with E-state index in [4.69, 9.17) is 13.9 Å². The van der Waals surface area contributed by atoms with Crippen LogP contribution >= 0.6 is 0 Å². The Labute approximate surface area is 175 Å². The molecule has 2 heterocycles. The van der Waals surface area contributed by atoms with E-state index in [2.05, 4.69) is 0 Å². The molecule has 0 atom stereocenters. The van der Waals surface area contributed by atoms with Gasteiger partial charge in [-0.15, -0.1) is 0 Å². The SMILES string of the molecule is COc1cc(C(C)=O)ccc1OCCCC(=O)N1CCN(C(=O)c2ccoc2)CC1. The molecular weight excluding hydrogens is 388 g/mol. The monoisotopic (exact) mass is 414 g/mol. The van der Waals surface area contributed by atoms with Crippen LogP contribution in [0.3, 0.4) is 0 Å². The van der Waals surface area contributed by atoms with E-state index < -0.39 is 0 Å². The highest BCUT2D eigenvalue weighted by Gasteiger charge is 2.25. The summed E-state index contributed by atoms with van der Waals surface area (Å²) in [4.78, 5) is 39.7. The zero-order chi connectivity index (χ0) is 21.5. The lowest BCUT2D eigenvalue weighted by atomic mass is 10.1. The standard InChI is InChI=1S/C22H26N2O6/c1-16(25)17-5-6-19(20(14-17)28-2)30-12-3-4-21(26)23-8-10-24(11-9-23)22(27)18-7-13-29-15-18/h5-7,13-15H,3-4,8-12H2,1-2H3. The van der Waals surface area contributed by atoms with Crippen LogP contribution in [0.15, 0.2) is 41.2 Å². The zero-order valence-electron chi connectivity index (χ0n) is 17.3. The molecule has 1 aliphatic rings. The number of piperazine rings is 1. The fraction of sp³-hybridized carbons (Fsp3) is 0.409. The van der Waals surface area contributed by atoms with Crippen LogP contribution in [-0.4, -0.2) is 67.3 Å². The van der Waals surface area contributed by atoms with Gasteiger partial charge in [0.15, 0.2) is 17.3 Å². The minimum absolute atomic E-state index is 0.0444. The van der Waals surface area contributed by atoms with Crippen molar-refractivity contribution in [2.75, 3.05) is 39.9 Å². The first-order valence-electron chi connectivity index (χ1n) is 9.90. The lowest BCUT2D eigenvalue weighted by molar-refractivity contribution is -0.132. The topological polar surface area (TPSA) is 89.3 Å². The zero-order valence-corrected chi connectivity index (χ0v) is 17.3. The molecule has 0 unspecified atom stereocenters. The molecule has 8 nitrogen and oxygen atoms in total. The highest BCUT2D eigenvalue weighted by molar-refractivity contribution is 5.95. The van der Waals surface area contributed by atoms with E-state index in [1.807, 2.05) is 0 Å². The largest absolute Gasteiger partial charge is 0.493 e. The predicted octanol–water partition coefficient (Wildman–Crippen LogP) is 2.63. The molecule has 0 aliphatic carbocycles. The van der Waals surface area contributed by atoms with Crippen LogP contribution in [0.2, 0.25) is 0 Å². The summed E-state index contributed by atoms with van der Waals surface area (Å²) >= 11 is 0. The van der Waals surface area contributed by atoms with Gasteiger partial charge in [-0.2, -0.15) is 0 Å². The summed E-state index contributed by atoms with van der Waals surface area (Å²) in [6.07, 6.45) is 3.83. The molecule has 0 N–H and O–H groups in total. The minimum atomic E-state index is -0.0750. The average Bonchev–Trinajstić information content (AvgIpc) is 3.31. The van der Waals surface area contributed by atoms with Crippen molar-refractivity contribution in [3.63, 3.8) is 0 Å². The maximum atomic E-state index is 12.4. The molecule has 3 rings (SSSR count). The van der Waals surface area contributed by atoms with Gasteiger partial charge in [0.05, 0.1) is 25.5 Å². The highest BCUT2D eigenvalue weighted by Crippen LogP contribution is 2.28. The second kappa shape index (κ2) is 9.96. The molecule has 1 aromatic heterocycles. The van der Waals surface area contributed by atoms with Crippen molar-refractivity contribution < 1.29 is 28.3 Å². The number of carbonyl (C=O) groups is 3. The Hall–Kier alpha value is -3.29. The van der Waals surface area contributed by atoms with Crippen LogP contribution < -0.4 is 9.47 Å². The van der Waals surface area contributed by atoms with Crippen LogP contribution in [0.25, 0.3) is 0 Å². The summed E-state index contributed by atoms with van der Waals surface area (Å²) < 4.78 is 16.0. The molecular formula is C22H26N2O6. The molecule has 0 spiro atoms. The third-order valence-corrected chi connectivity index (χ3v) is 5.05. The fourth-order valence-electron chi connectivity index (χ4n) is 3.30. The summed E-state index contributed by atoms with van der Waals surface area (Å²) in [6, 6.07) is 6.68. The fourth-order valence-corrected chi connectivity index (χ4v) is 3.30. The average molecular weight is 414 g/mol. The summed E-state index contributed by atoms with van der Waals surface area (Å²) in [7, 11) is 1.52. The number of Topliss-reactive ketones (excluding diaryl/α,β-unsaturated/α-hetero) is 1. The van der Waals surface area contributed by atoms with E-state index in [-0.39, 0.29) is 17.6 Å². The molecule has 0 saturated carbocycles. The van der Waals surface area contributed by atoms with E-state index in [1.54, 1.807) is 34.1 Å². The number of ether oxygens (including phenoxy) is 2. The summed E-state index contributed by atoms with van der Waals surface area (Å²) in [5.74, 6) is 0.965. The molecule has 1 saturated heterocycles. The van der Waals surface area contributed by atoms with Crippen LogP contribution in [0.4, 0.5) is 0 Å². The molecule has 0 bridgehead atoms. The Morgan fingerprint density at radius 1 is 1.00 bits per heavy atom. The molecule has 1 fully saturated rings. The van der Waals surface area contributed by atoms with Crippen LogP contribution in [0, 0.1) is 0 Å². The van der Waals surface area contributed by atoms with E-state index >= 15 is 0 Å². The first kappa shape index (κ1) is 21.4. The van der Waals surface area contributed by atoms with Crippen molar-refractivity contribution in [2.24, 2.45) is 0 Å². The lowest BCUT2D eigenvalue weighted by Crippen LogP contribution is -2.50. The van der Waals surface area contributed by atoms with Crippen molar-refractivity contribution in [3.8, 4) is 11.5 Å². The predicted molar refractivity (Wildman–Crippen MR) is 109 cm³/mol. The van der Waals surface area contributed by atoms with Crippen LogP contribution in [0.5, 0.6) is 11.5 Å². The van der Waals surface area contributed by atoms with Gasteiger partial charge in [0.25, 0.3) is 5.91 Å². The van der Waals surface area contributed by atoms with E-state index in [0.717, 1.165) is 0 Å². The number of furan rings is 1. The van der Waals surface area contributed by atoms with Crippen molar-refractivity contribution in [1.82, 2.24) is 9.80 Å². The smallest absolute Gasteiger partial charge is 0.257 e. The molecule has 2 amide bonds. The maximum Gasteiger partial charge on any atom is 0.257 e. The lowest BCUT2D eigenvalue weighted by Gasteiger charge is -2.34. The number of ketones is 1. The molecule has 0 radical (unpaired) electrons. The van der Waals surface area contributed by atoms with Crippen molar-refractivity contribution in [3.05, 3.63) is 47.9 Å². The van der Waals surface area contributed by atoms with Gasteiger partial charge in [-0.3, -0.25) is 14.4 Å². The number of benzene rings is 1. The number of hydrogen-bond donors (Lipinski definition) is 0. The third kappa shape index (κ3) is 5.20. The molecule has 2 aromatic rings. The normalized spacial score (nSPS) is 13.8. The number of rotatable bonds is 8. The summed E-state index contributed by atoms with van der Waals surface area (Å²) in [6.45, 7) is 3.90. The second-order valence-electron chi connectivity index (χ2n) is 7.06. The van der Waals surface area contributed by atoms with Gasteiger partial charge < -0.3 is 23.7 Å². The Morgan fingerprint density at radius 3 is 2.37 bits per heavy atom. The molecule has 8 heteroatoms. The van der Waals surface area contributed by atoms with Gasteiger partial charge >= 0.3 is 0 Å². The van der Waals surface area contributed by atoms with Crippen molar-refractivity contribution in [1.29, 1.82) is 0 Å². The van der Waals surface area contributed by atoms with Crippen molar-refractivity contribution >= 4 is 17.6 Å². The Kier molecular flexibility index (Phi) is 7.11. The van der Waals surface area contributed by atoms with E-state index in [9.17, 15) is 14.4 Å². The quantitative estimate of drug-likeness (QED) is 0.487. The Morgan fingerprint density at radius 2 is 1.73 bits per heavy atom. The maximum absolute atomic E-state index is 12.4. The molecule has 30 heavy (non-hydrogen) atoms.